The highest BCUT2D eigenvalue weighted by molar-refractivity contribution is 5.96. The second-order valence-electron chi connectivity index (χ2n) is 4.98. The van der Waals surface area contributed by atoms with Crippen LogP contribution in [0.15, 0.2) is 24.3 Å². The van der Waals surface area contributed by atoms with Crippen LogP contribution >= 0.6 is 0 Å². The smallest absolute Gasteiger partial charge is 0.307 e. The zero-order chi connectivity index (χ0) is 13.8. The Morgan fingerprint density at radius 3 is 2.63 bits per heavy atom. The molecule has 102 valence electrons. The molecule has 1 aliphatic rings. The highest BCUT2D eigenvalue weighted by Gasteiger charge is 2.37. The van der Waals surface area contributed by atoms with Crippen LogP contribution in [0.2, 0.25) is 0 Å². The van der Waals surface area contributed by atoms with E-state index in [0.717, 1.165) is 24.1 Å². The van der Waals surface area contributed by atoms with E-state index in [1.54, 1.807) is 0 Å². The number of hydrogen-bond donors (Lipinski definition) is 2. The van der Waals surface area contributed by atoms with Gasteiger partial charge in [0.25, 0.3) is 0 Å². The Hall–Kier alpha value is -1.84. The number of aliphatic carboxylic acids is 1. The third-order valence-electron chi connectivity index (χ3n) is 3.83. The van der Waals surface area contributed by atoms with Gasteiger partial charge in [-0.3, -0.25) is 9.59 Å². The first-order valence-electron chi connectivity index (χ1n) is 6.75. The number of carbonyl (C=O) groups excluding carboxylic acids is 1. The fourth-order valence-corrected chi connectivity index (χ4v) is 2.75. The van der Waals surface area contributed by atoms with Gasteiger partial charge in [0.1, 0.15) is 0 Å². The monoisotopic (exact) mass is 261 g/mol. The second-order valence-corrected chi connectivity index (χ2v) is 4.98. The van der Waals surface area contributed by atoms with E-state index >= 15 is 0 Å². The van der Waals surface area contributed by atoms with Crippen LogP contribution in [0, 0.1) is 11.8 Å². The summed E-state index contributed by atoms with van der Waals surface area (Å²) in [6.45, 7) is 2.03. The Balaban J connectivity index is 2.10. The summed E-state index contributed by atoms with van der Waals surface area (Å²) in [6.07, 6.45) is 2.91. The number of carboxylic acids is 1. The summed E-state index contributed by atoms with van der Waals surface area (Å²) in [5.41, 5.74) is 1.87. The molecule has 1 saturated carbocycles. The molecule has 0 aromatic heterocycles. The van der Waals surface area contributed by atoms with Crippen LogP contribution in [0.3, 0.4) is 0 Å². The molecule has 0 saturated heterocycles. The highest BCUT2D eigenvalue weighted by atomic mass is 16.4. The zero-order valence-corrected chi connectivity index (χ0v) is 11.1. The number of nitrogens with one attached hydrogen (secondary N) is 1. The lowest BCUT2D eigenvalue weighted by Gasteiger charge is -2.17. The molecule has 2 rings (SSSR count). The number of aryl methyl sites for hydroxylation is 1. The van der Waals surface area contributed by atoms with Crippen molar-refractivity contribution in [1.29, 1.82) is 0 Å². The molecule has 0 unspecified atom stereocenters. The quantitative estimate of drug-likeness (QED) is 0.875. The molecule has 0 spiro atoms. The minimum absolute atomic E-state index is 0.161. The van der Waals surface area contributed by atoms with Crippen LogP contribution in [-0.2, 0) is 16.0 Å². The fourth-order valence-electron chi connectivity index (χ4n) is 2.75. The number of anilines is 1. The Kier molecular flexibility index (Phi) is 4.20. The minimum atomic E-state index is -0.860. The van der Waals surface area contributed by atoms with E-state index in [4.69, 9.17) is 5.11 Å². The number of rotatable bonds is 4. The maximum atomic E-state index is 12.2. The summed E-state index contributed by atoms with van der Waals surface area (Å²) >= 11 is 0. The summed E-state index contributed by atoms with van der Waals surface area (Å²) in [7, 11) is 0. The minimum Gasteiger partial charge on any atom is -0.481 e. The fraction of sp³-hybridized carbons (Fsp3) is 0.467. The van der Waals surface area contributed by atoms with Crippen molar-refractivity contribution in [2.24, 2.45) is 11.8 Å². The van der Waals surface area contributed by atoms with Gasteiger partial charge in [-0.2, -0.15) is 0 Å². The molecule has 0 aliphatic heterocycles. The van der Waals surface area contributed by atoms with Crippen LogP contribution in [-0.4, -0.2) is 17.0 Å². The molecule has 4 nitrogen and oxygen atoms in total. The Morgan fingerprint density at radius 1 is 1.26 bits per heavy atom. The average Bonchev–Trinajstić information content (AvgIpc) is 2.88. The van der Waals surface area contributed by atoms with Gasteiger partial charge in [0.15, 0.2) is 0 Å². The average molecular weight is 261 g/mol. The molecule has 2 atom stereocenters. The summed E-state index contributed by atoms with van der Waals surface area (Å²) in [5, 5.41) is 12.0. The second kappa shape index (κ2) is 5.87. The predicted molar refractivity (Wildman–Crippen MR) is 72.9 cm³/mol. The summed E-state index contributed by atoms with van der Waals surface area (Å²) in [6, 6.07) is 7.64. The van der Waals surface area contributed by atoms with E-state index in [1.165, 1.54) is 0 Å². The summed E-state index contributed by atoms with van der Waals surface area (Å²) in [5.74, 6) is -1.96. The van der Waals surface area contributed by atoms with Crippen molar-refractivity contribution in [1.82, 2.24) is 0 Å². The largest absolute Gasteiger partial charge is 0.481 e. The van der Waals surface area contributed by atoms with Crippen LogP contribution < -0.4 is 5.32 Å². The van der Waals surface area contributed by atoms with Gasteiger partial charge in [-0.25, -0.2) is 0 Å². The van der Waals surface area contributed by atoms with E-state index in [1.807, 2.05) is 31.2 Å². The maximum Gasteiger partial charge on any atom is 0.307 e. The van der Waals surface area contributed by atoms with Gasteiger partial charge >= 0.3 is 5.97 Å². The Morgan fingerprint density at radius 2 is 1.95 bits per heavy atom. The number of hydrogen-bond acceptors (Lipinski definition) is 2. The van der Waals surface area contributed by atoms with E-state index in [-0.39, 0.29) is 5.91 Å². The van der Waals surface area contributed by atoms with Crippen molar-refractivity contribution >= 4 is 17.6 Å². The first-order valence-corrected chi connectivity index (χ1v) is 6.75. The first kappa shape index (κ1) is 13.6. The third-order valence-corrected chi connectivity index (χ3v) is 3.83. The molecule has 1 aliphatic carbocycles. The van der Waals surface area contributed by atoms with E-state index in [2.05, 4.69) is 5.32 Å². The maximum absolute atomic E-state index is 12.2. The summed E-state index contributed by atoms with van der Waals surface area (Å²) in [4.78, 5) is 23.3. The third kappa shape index (κ3) is 2.95. The lowest BCUT2D eigenvalue weighted by atomic mass is 9.95. The van der Waals surface area contributed by atoms with Crippen molar-refractivity contribution in [2.45, 2.75) is 32.6 Å². The van der Waals surface area contributed by atoms with Gasteiger partial charge in [-0.15, -0.1) is 0 Å². The molecule has 1 amide bonds. The van der Waals surface area contributed by atoms with Crippen molar-refractivity contribution in [2.75, 3.05) is 5.32 Å². The normalized spacial score (nSPS) is 22.2. The van der Waals surface area contributed by atoms with Gasteiger partial charge in [-0.05, 0) is 30.9 Å². The van der Waals surface area contributed by atoms with Gasteiger partial charge in [0.2, 0.25) is 5.91 Å². The molecule has 1 aromatic rings. The standard InChI is InChI=1S/C15H19NO3/c1-2-10-6-3-4-9-13(10)16-14(17)11-7-5-8-12(11)15(18)19/h3-4,6,9,11-12H,2,5,7-8H2,1H3,(H,16,17)(H,18,19)/t11-,12+/m1/s1. The van der Waals surface area contributed by atoms with Crippen molar-refractivity contribution < 1.29 is 14.7 Å². The predicted octanol–water partition coefficient (Wildman–Crippen LogP) is 2.69. The highest BCUT2D eigenvalue weighted by Crippen LogP contribution is 2.33. The van der Waals surface area contributed by atoms with Crippen molar-refractivity contribution in [3.63, 3.8) is 0 Å². The topological polar surface area (TPSA) is 66.4 Å². The molecular weight excluding hydrogens is 242 g/mol. The molecule has 0 radical (unpaired) electrons. The number of carboxylic acid groups (broad SMARTS) is 1. The van der Waals surface area contributed by atoms with E-state index < -0.39 is 17.8 Å². The molecule has 0 heterocycles. The van der Waals surface area contributed by atoms with Crippen LogP contribution in [0.5, 0.6) is 0 Å². The molecule has 0 bridgehead atoms. The van der Waals surface area contributed by atoms with Crippen LogP contribution in [0.4, 0.5) is 5.69 Å². The number of para-hydroxylation sites is 1. The van der Waals surface area contributed by atoms with Crippen LogP contribution in [0.1, 0.15) is 31.7 Å². The molecule has 19 heavy (non-hydrogen) atoms. The number of carbonyl (C=O) groups is 2. The molecule has 4 heteroatoms. The molecule has 2 N–H and O–H groups in total. The van der Waals surface area contributed by atoms with E-state index in [0.29, 0.717) is 12.8 Å². The van der Waals surface area contributed by atoms with Crippen molar-refractivity contribution in [3.05, 3.63) is 29.8 Å². The SMILES string of the molecule is CCc1ccccc1NC(=O)[C@@H]1CCC[C@@H]1C(=O)O. The lowest BCUT2D eigenvalue weighted by molar-refractivity contribution is -0.145. The Labute approximate surface area is 112 Å². The molecule has 1 aromatic carbocycles. The molecular formula is C15H19NO3. The summed E-state index contributed by atoms with van der Waals surface area (Å²) < 4.78 is 0. The molecule has 1 fully saturated rings. The van der Waals surface area contributed by atoms with Gasteiger partial charge < -0.3 is 10.4 Å². The Bertz CT molecular complexity index is 484. The van der Waals surface area contributed by atoms with Crippen molar-refractivity contribution in [3.8, 4) is 0 Å². The van der Waals surface area contributed by atoms with E-state index in [9.17, 15) is 9.59 Å². The van der Waals surface area contributed by atoms with Gasteiger partial charge in [0, 0.05) is 5.69 Å². The van der Waals surface area contributed by atoms with Crippen LogP contribution in [0.25, 0.3) is 0 Å². The lowest BCUT2D eigenvalue weighted by Crippen LogP contribution is -2.30. The number of amides is 1. The van der Waals surface area contributed by atoms with Gasteiger partial charge in [-0.1, -0.05) is 31.5 Å². The number of benzene rings is 1. The first-order chi connectivity index (χ1) is 9.13. The zero-order valence-electron chi connectivity index (χ0n) is 11.1. The van der Waals surface area contributed by atoms with Gasteiger partial charge in [0.05, 0.1) is 11.8 Å².